The zero-order valence-corrected chi connectivity index (χ0v) is 23.5. The minimum Gasteiger partial charge on any atom is -0.460 e. The van der Waals surface area contributed by atoms with Crippen molar-refractivity contribution in [2.45, 2.75) is 51.8 Å². The normalized spacial score (nSPS) is 14.1. The van der Waals surface area contributed by atoms with Crippen LogP contribution in [-0.4, -0.2) is 56.1 Å². The van der Waals surface area contributed by atoms with Crippen molar-refractivity contribution in [2.24, 2.45) is 5.92 Å². The number of pyridine rings is 1. The Morgan fingerprint density at radius 1 is 1.05 bits per heavy atom. The van der Waals surface area contributed by atoms with Gasteiger partial charge in [-0.3, -0.25) is 14.0 Å². The number of amides is 1. The van der Waals surface area contributed by atoms with Crippen LogP contribution in [0.25, 0.3) is 28.3 Å². The van der Waals surface area contributed by atoms with Gasteiger partial charge >= 0.3 is 12.1 Å². The molecule has 4 aromatic rings. The molecule has 1 aliphatic heterocycles. The van der Waals surface area contributed by atoms with Gasteiger partial charge in [-0.15, -0.1) is 0 Å². The number of anilines is 2. The van der Waals surface area contributed by atoms with Crippen molar-refractivity contribution in [1.29, 1.82) is 0 Å². The summed E-state index contributed by atoms with van der Waals surface area (Å²) in [6.45, 7) is 6.99. The maximum Gasteiger partial charge on any atom is 0.389 e. The number of hydrogen-bond acceptors (Lipinski definition) is 7. The van der Waals surface area contributed by atoms with Crippen LogP contribution in [0, 0.1) is 5.92 Å². The van der Waals surface area contributed by atoms with E-state index in [-0.39, 0.29) is 11.9 Å². The van der Waals surface area contributed by atoms with Gasteiger partial charge in [0.05, 0.1) is 24.7 Å². The molecule has 9 nitrogen and oxygen atoms in total. The SMILES string of the molecule is CC(C)(C)OC(=O)CC1CN(c2ccnc(-c3ccn4c(-c5cccc(NC(=O)CCC(F)(F)F)c5)cnc4c3)n2)C1. The van der Waals surface area contributed by atoms with Gasteiger partial charge in [-0.2, -0.15) is 13.2 Å². The Kier molecular flexibility index (Phi) is 7.89. The summed E-state index contributed by atoms with van der Waals surface area (Å²) < 4.78 is 44.6. The number of fused-ring (bicyclic) bond motifs is 1. The van der Waals surface area contributed by atoms with Crippen LogP contribution in [0.5, 0.6) is 0 Å². The molecule has 1 fully saturated rings. The molecule has 0 spiro atoms. The summed E-state index contributed by atoms with van der Waals surface area (Å²) in [4.78, 5) is 39.9. The average molecular weight is 581 g/mol. The molecule has 0 saturated carbocycles. The van der Waals surface area contributed by atoms with E-state index in [0.717, 1.165) is 22.6 Å². The molecule has 0 aliphatic carbocycles. The lowest BCUT2D eigenvalue weighted by molar-refractivity contribution is -0.156. The fraction of sp³-hybridized carbons (Fsp3) is 0.367. The van der Waals surface area contributed by atoms with Gasteiger partial charge in [0.2, 0.25) is 5.91 Å². The molecule has 220 valence electrons. The summed E-state index contributed by atoms with van der Waals surface area (Å²) in [5.74, 6) is 0.633. The maximum absolute atomic E-state index is 12.4. The summed E-state index contributed by atoms with van der Waals surface area (Å²) in [6.07, 6.45) is -0.592. The topological polar surface area (TPSA) is 102 Å². The smallest absolute Gasteiger partial charge is 0.389 e. The molecule has 1 aliphatic rings. The lowest BCUT2D eigenvalue weighted by atomic mass is 9.96. The average Bonchev–Trinajstić information content (AvgIpc) is 3.32. The van der Waals surface area contributed by atoms with Crippen molar-refractivity contribution in [1.82, 2.24) is 19.4 Å². The van der Waals surface area contributed by atoms with Crippen LogP contribution in [0.2, 0.25) is 0 Å². The number of aromatic nitrogens is 4. The van der Waals surface area contributed by atoms with Gasteiger partial charge in [-0.1, -0.05) is 12.1 Å². The van der Waals surface area contributed by atoms with Crippen LogP contribution >= 0.6 is 0 Å². The lowest BCUT2D eigenvalue weighted by Crippen LogP contribution is -2.48. The molecule has 1 saturated heterocycles. The van der Waals surface area contributed by atoms with Gasteiger partial charge in [0.15, 0.2) is 5.82 Å². The Bertz CT molecular complexity index is 1610. The number of alkyl halides is 3. The van der Waals surface area contributed by atoms with E-state index in [4.69, 9.17) is 9.72 Å². The summed E-state index contributed by atoms with van der Waals surface area (Å²) in [5, 5.41) is 2.53. The van der Waals surface area contributed by atoms with E-state index in [1.165, 1.54) is 0 Å². The van der Waals surface area contributed by atoms with Gasteiger partial charge in [0.1, 0.15) is 17.1 Å². The molecule has 4 heterocycles. The second kappa shape index (κ2) is 11.4. The third-order valence-electron chi connectivity index (χ3n) is 6.65. The van der Waals surface area contributed by atoms with Crippen molar-refractivity contribution in [3.63, 3.8) is 0 Å². The highest BCUT2D eigenvalue weighted by Crippen LogP contribution is 2.29. The van der Waals surface area contributed by atoms with E-state index in [2.05, 4.69) is 20.2 Å². The van der Waals surface area contributed by atoms with Gasteiger partial charge in [-0.25, -0.2) is 15.0 Å². The van der Waals surface area contributed by atoms with Crippen molar-refractivity contribution in [3.8, 4) is 22.6 Å². The van der Waals surface area contributed by atoms with E-state index in [1.54, 1.807) is 30.6 Å². The Labute approximate surface area is 240 Å². The molecule has 3 aromatic heterocycles. The van der Waals surface area contributed by atoms with Crippen LogP contribution in [-0.2, 0) is 14.3 Å². The number of carbonyl (C=O) groups excluding carboxylic acids is 2. The second-order valence-electron chi connectivity index (χ2n) is 11.3. The van der Waals surface area contributed by atoms with E-state index >= 15 is 0 Å². The number of rotatable bonds is 8. The first-order chi connectivity index (χ1) is 19.8. The highest BCUT2D eigenvalue weighted by Gasteiger charge is 2.31. The first-order valence-corrected chi connectivity index (χ1v) is 13.6. The number of nitrogens with zero attached hydrogens (tertiary/aromatic N) is 5. The number of hydrogen-bond donors (Lipinski definition) is 1. The van der Waals surface area contributed by atoms with Crippen molar-refractivity contribution in [2.75, 3.05) is 23.3 Å². The summed E-state index contributed by atoms with van der Waals surface area (Å²) in [6, 6.07) is 12.5. The van der Waals surface area contributed by atoms with Gasteiger partial charge in [0.25, 0.3) is 0 Å². The second-order valence-corrected chi connectivity index (χ2v) is 11.3. The Morgan fingerprint density at radius 2 is 1.83 bits per heavy atom. The molecular formula is C30H31F3N6O3. The quantitative estimate of drug-likeness (QED) is 0.259. The van der Waals surface area contributed by atoms with Crippen molar-refractivity contribution >= 4 is 29.0 Å². The number of ether oxygens (including phenoxy) is 1. The minimum absolute atomic E-state index is 0.194. The van der Waals surface area contributed by atoms with Crippen LogP contribution in [0.4, 0.5) is 24.7 Å². The first kappa shape index (κ1) is 29.0. The molecular weight excluding hydrogens is 549 g/mol. The zero-order valence-electron chi connectivity index (χ0n) is 23.5. The van der Waals surface area contributed by atoms with Gasteiger partial charge in [0, 0.05) is 54.6 Å². The molecule has 5 rings (SSSR count). The van der Waals surface area contributed by atoms with Gasteiger partial charge < -0.3 is 15.0 Å². The molecule has 0 atom stereocenters. The number of benzene rings is 1. The van der Waals surface area contributed by atoms with E-state index in [0.29, 0.717) is 36.7 Å². The molecule has 12 heteroatoms. The molecule has 42 heavy (non-hydrogen) atoms. The van der Waals surface area contributed by atoms with E-state index < -0.39 is 30.5 Å². The predicted octanol–water partition coefficient (Wildman–Crippen LogP) is 5.91. The molecule has 1 amide bonds. The molecule has 0 radical (unpaired) electrons. The lowest BCUT2D eigenvalue weighted by Gasteiger charge is -2.40. The Balaban J connectivity index is 1.26. The number of nitrogens with one attached hydrogen (secondary N) is 1. The molecule has 0 unspecified atom stereocenters. The van der Waals surface area contributed by atoms with Crippen molar-refractivity contribution < 1.29 is 27.5 Å². The number of carbonyl (C=O) groups is 2. The summed E-state index contributed by atoms with van der Waals surface area (Å²) in [5.41, 5.74) is 2.81. The highest BCUT2D eigenvalue weighted by atomic mass is 19.4. The van der Waals surface area contributed by atoms with Crippen LogP contribution in [0.15, 0.2) is 61.1 Å². The standard InChI is InChI=1S/C30H31F3N6O3/c1-29(2,3)42-27(41)13-19-17-38(18-19)24-8-11-34-28(37-24)21-9-12-39-23(16-35-25(39)15-21)20-5-4-6-22(14-20)36-26(40)7-10-30(31,32)33/h4-6,8-9,11-12,14-16,19H,7,10,13,17-18H2,1-3H3,(H,36,40). The number of esters is 1. The van der Waals surface area contributed by atoms with Crippen LogP contribution < -0.4 is 10.2 Å². The maximum atomic E-state index is 12.4. The van der Waals surface area contributed by atoms with E-state index in [9.17, 15) is 22.8 Å². The fourth-order valence-corrected chi connectivity index (χ4v) is 4.74. The summed E-state index contributed by atoms with van der Waals surface area (Å²) >= 11 is 0. The molecule has 0 bridgehead atoms. The fourth-order valence-electron chi connectivity index (χ4n) is 4.74. The van der Waals surface area contributed by atoms with E-state index in [1.807, 2.05) is 55.6 Å². The molecule has 1 N–H and O–H groups in total. The predicted molar refractivity (Wildman–Crippen MR) is 152 cm³/mol. The summed E-state index contributed by atoms with van der Waals surface area (Å²) in [7, 11) is 0. The Hall–Kier alpha value is -4.48. The van der Waals surface area contributed by atoms with Gasteiger partial charge in [-0.05, 0) is 51.1 Å². The number of halogens is 3. The third-order valence-corrected chi connectivity index (χ3v) is 6.65. The molecule has 1 aromatic carbocycles. The first-order valence-electron chi connectivity index (χ1n) is 13.6. The third kappa shape index (κ3) is 7.23. The largest absolute Gasteiger partial charge is 0.460 e. The monoisotopic (exact) mass is 580 g/mol. The Morgan fingerprint density at radius 3 is 2.57 bits per heavy atom. The van der Waals surface area contributed by atoms with Crippen molar-refractivity contribution in [3.05, 3.63) is 61.1 Å². The zero-order chi connectivity index (χ0) is 30.1. The highest BCUT2D eigenvalue weighted by molar-refractivity contribution is 5.91. The van der Waals surface area contributed by atoms with Crippen LogP contribution in [0.1, 0.15) is 40.0 Å². The number of imidazole rings is 1. The van der Waals surface area contributed by atoms with Crippen LogP contribution in [0.3, 0.4) is 0 Å². The minimum atomic E-state index is -4.39.